The maximum Gasteiger partial charge on any atom is 0.161 e. The van der Waals surface area contributed by atoms with E-state index in [1.54, 1.807) is 0 Å². The molecular formula is C30H32O2P+. The summed E-state index contributed by atoms with van der Waals surface area (Å²) in [5.74, 6) is 1.65. The Morgan fingerprint density at radius 3 is 1.39 bits per heavy atom. The molecule has 4 aromatic carbocycles. The van der Waals surface area contributed by atoms with Gasteiger partial charge in [-0.1, -0.05) is 66.7 Å². The number of benzene rings is 4. The summed E-state index contributed by atoms with van der Waals surface area (Å²) in [6, 6.07) is 41.1. The second kappa shape index (κ2) is 11.7. The van der Waals surface area contributed by atoms with E-state index in [0.717, 1.165) is 30.5 Å². The van der Waals surface area contributed by atoms with E-state index in [0.29, 0.717) is 13.2 Å². The fourth-order valence-electron chi connectivity index (χ4n) is 4.36. The lowest BCUT2D eigenvalue weighted by Crippen LogP contribution is -2.33. The van der Waals surface area contributed by atoms with E-state index < -0.39 is 7.26 Å². The fourth-order valence-corrected chi connectivity index (χ4v) is 8.77. The van der Waals surface area contributed by atoms with Crippen molar-refractivity contribution in [2.24, 2.45) is 0 Å². The highest BCUT2D eigenvalue weighted by atomic mass is 31.2. The molecule has 4 rings (SSSR count). The molecule has 0 radical (unpaired) electrons. The van der Waals surface area contributed by atoms with Crippen molar-refractivity contribution in [1.29, 1.82) is 0 Å². The van der Waals surface area contributed by atoms with E-state index >= 15 is 0 Å². The molecule has 3 heteroatoms. The Balaban J connectivity index is 1.56. The maximum atomic E-state index is 6.11. The van der Waals surface area contributed by atoms with Crippen molar-refractivity contribution in [3.8, 4) is 11.5 Å². The smallest absolute Gasteiger partial charge is 0.161 e. The highest BCUT2D eigenvalue weighted by Gasteiger charge is 2.44. The molecule has 0 N–H and O–H groups in total. The van der Waals surface area contributed by atoms with Crippen LogP contribution in [-0.4, -0.2) is 19.4 Å². The Hall–Kier alpha value is -3.09. The summed E-state index contributed by atoms with van der Waals surface area (Å²) < 4.78 is 11.8. The van der Waals surface area contributed by atoms with Crippen molar-refractivity contribution in [3.63, 3.8) is 0 Å². The van der Waals surface area contributed by atoms with Crippen LogP contribution in [0.4, 0.5) is 0 Å². The van der Waals surface area contributed by atoms with Crippen LogP contribution in [0.15, 0.2) is 115 Å². The second-order valence-electron chi connectivity index (χ2n) is 7.98. The molecule has 0 aliphatic rings. The van der Waals surface area contributed by atoms with Crippen molar-refractivity contribution >= 4 is 23.2 Å². The molecule has 33 heavy (non-hydrogen) atoms. The zero-order valence-electron chi connectivity index (χ0n) is 19.3. The van der Waals surface area contributed by atoms with Crippen LogP contribution in [0, 0.1) is 0 Å². The van der Waals surface area contributed by atoms with Crippen LogP contribution in [0.1, 0.15) is 19.8 Å². The van der Waals surface area contributed by atoms with Gasteiger partial charge in [0.1, 0.15) is 23.2 Å². The zero-order chi connectivity index (χ0) is 22.8. The molecule has 4 aromatic rings. The van der Waals surface area contributed by atoms with Gasteiger partial charge in [0.05, 0.1) is 19.4 Å². The zero-order valence-corrected chi connectivity index (χ0v) is 20.2. The van der Waals surface area contributed by atoms with Gasteiger partial charge in [-0.15, -0.1) is 0 Å². The third kappa shape index (κ3) is 5.46. The molecule has 168 valence electrons. The van der Waals surface area contributed by atoms with Crippen LogP contribution in [0.25, 0.3) is 0 Å². The molecule has 0 atom stereocenters. The molecule has 2 nitrogen and oxygen atoms in total. The van der Waals surface area contributed by atoms with Gasteiger partial charge in [0, 0.05) is 0 Å². The Bertz CT molecular complexity index is 1000. The van der Waals surface area contributed by atoms with E-state index in [-0.39, 0.29) is 0 Å². The second-order valence-corrected chi connectivity index (χ2v) is 11.6. The standard InChI is InChI=1S/C30H32O2P/c1-2-31-29-22-12-13-23-30(29)32-24-14-15-25-33(26-16-6-3-7-17-26,27-18-8-4-9-19-27)28-20-10-5-11-21-28/h3-13,16-23H,2,14-15,24-25H2,1H3/q+1. The highest BCUT2D eigenvalue weighted by Crippen LogP contribution is 2.55. The van der Waals surface area contributed by atoms with Crippen molar-refractivity contribution < 1.29 is 9.47 Å². The highest BCUT2D eigenvalue weighted by molar-refractivity contribution is 7.95. The average Bonchev–Trinajstić information content (AvgIpc) is 2.89. The Morgan fingerprint density at radius 2 is 0.939 bits per heavy atom. The first-order valence-electron chi connectivity index (χ1n) is 11.7. The molecule has 0 heterocycles. The van der Waals surface area contributed by atoms with Crippen LogP contribution in [0.5, 0.6) is 11.5 Å². The molecule has 0 spiro atoms. The summed E-state index contributed by atoms with van der Waals surface area (Å²) >= 11 is 0. The van der Waals surface area contributed by atoms with Crippen molar-refractivity contribution in [2.75, 3.05) is 19.4 Å². The lowest BCUT2D eigenvalue weighted by atomic mass is 10.3. The van der Waals surface area contributed by atoms with E-state index in [1.807, 2.05) is 31.2 Å². The predicted molar refractivity (Wildman–Crippen MR) is 142 cm³/mol. The van der Waals surface area contributed by atoms with Gasteiger partial charge in [0.15, 0.2) is 11.5 Å². The van der Waals surface area contributed by atoms with Gasteiger partial charge in [0.2, 0.25) is 0 Å². The minimum Gasteiger partial charge on any atom is -0.490 e. The molecule has 0 fully saturated rings. The van der Waals surface area contributed by atoms with Gasteiger partial charge in [-0.25, -0.2) is 0 Å². The lowest BCUT2D eigenvalue weighted by molar-refractivity contribution is 0.273. The average molecular weight is 456 g/mol. The normalized spacial score (nSPS) is 11.2. The molecule has 0 unspecified atom stereocenters. The van der Waals surface area contributed by atoms with Crippen molar-refractivity contribution in [3.05, 3.63) is 115 Å². The van der Waals surface area contributed by atoms with E-state index in [4.69, 9.17) is 9.47 Å². The predicted octanol–water partition coefficient (Wildman–Crippen LogP) is 6.24. The Morgan fingerprint density at radius 1 is 0.515 bits per heavy atom. The monoisotopic (exact) mass is 455 g/mol. The summed E-state index contributed by atoms with van der Waals surface area (Å²) in [5.41, 5.74) is 0. The summed E-state index contributed by atoms with van der Waals surface area (Å²) in [7, 11) is -1.77. The summed E-state index contributed by atoms with van der Waals surface area (Å²) in [6.45, 7) is 3.32. The van der Waals surface area contributed by atoms with Crippen molar-refractivity contribution in [1.82, 2.24) is 0 Å². The number of hydrogen-bond donors (Lipinski definition) is 0. The number of unbranched alkanes of at least 4 members (excludes halogenated alkanes) is 1. The summed E-state index contributed by atoms with van der Waals surface area (Å²) in [6.07, 6.45) is 3.19. The SMILES string of the molecule is CCOc1ccccc1OCCCC[P+](c1ccccc1)(c1ccccc1)c1ccccc1. The molecule has 0 bridgehead atoms. The molecule has 0 aromatic heterocycles. The van der Waals surface area contributed by atoms with Crippen LogP contribution >= 0.6 is 7.26 Å². The third-order valence-corrected chi connectivity index (χ3v) is 10.4. The molecule has 0 amide bonds. The van der Waals surface area contributed by atoms with Gasteiger partial charge in [-0.05, 0) is 68.3 Å². The van der Waals surface area contributed by atoms with Crippen LogP contribution in [0.2, 0.25) is 0 Å². The van der Waals surface area contributed by atoms with Gasteiger partial charge in [0.25, 0.3) is 0 Å². The maximum absolute atomic E-state index is 6.11. The number of para-hydroxylation sites is 2. The first kappa shape index (κ1) is 23.1. The fraction of sp³-hybridized carbons (Fsp3) is 0.200. The van der Waals surface area contributed by atoms with E-state index in [2.05, 4.69) is 91.0 Å². The molecule has 0 aliphatic carbocycles. The first-order valence-corrected chi connectivity index (χ1v) is 13.7. The quantitative estimate of drug-likeness (QED) is 0.197. The van der Waals surface area contributed by atoms with E-state index in [9.17, 15) is 0 Å². The Kier molecular flexibility index (Phi) is 8.17. The third-order valence-electron chi connectivity index (χ3n) is 5.89. The molecule has 0 aliphatic heterocycles. The number of ether oxygens (including phenoxy) is 2. The van der Waals surface area contributed by atoms with Crippen LogP contribution < -0.4 is 25.4 Å². The summed E-state index contributed by atoms with van der Waals surface area (Å²) in [4.78, 5) is 0. The lowest BCUT2D eigenvalue weighted by Gasteiger charge is -2.27. The van der Waals surface area contributed by atoms with Gasteiger partial charge in [-0.3, -0.25) is 0 Å². The number of rotatable bonds is 11. The van der Waals surface area contributed by atoms with Crippen LogP contribution in [0.3, 0.4) is 0 Å². The first-order chi connectivity index (χ1) is 16.3. The van der Waals surface area contributed by atoms with Crippen molar-refractivity contribution in [2.45, 2.75) is 19.8 Å². The molecular weight excluding hydrogens is 423 g/mol. The van der Waals surface area contributed by atoms with E-state index in [1.165, 1.54) is 15.9 Å². The molecule has 0 saturated carbocycles. The van der Waals surface area contributed by atoms with Crippen LogP contribution in [-0.2, 0) is 0 Å². The minimum absolute atomic E-state index is 0.638. The number of hydrogen-bond acceptors (Lipinski definition) is 2. The minimum atomic E-state index is -1.77. The van der Waals surface area contributed by atoms with Gasteiger partial charge in [-0.2, -0.15) is 0 Å². The molecule has 0 saturated heterocycles. The van der Waals surface area contributed by atoms with Gasteiger partial charge >= 0.3 is 0 Å². The summed E-state index contributed by atoms with van der Waals surface area (Å²) in [5, 5.41) is 4.31. The Labute approximate surface area is 198 Å². The topological polar surface area (TPSA) is 18.5 Å². The largest absolute Gasteiger partial charge is 0.490 e. The van der Waals surface area contributed by atoms with Gasteiger partial charge < -0.3 is 9.47 Å².